The van der Waals surface area contributed by atoms with E-state index < -0.39 is 21.5 Å². The van der Waals surface area contributed by atoms with Crippen molar-refractivity contribution in [2.45, 2.75) is 25.3 Å². The Morgan fingerprint density at radius 2 is 1.87 bits per heavy atom. The van der Waals surface area contributed by atoms with E-state index in [2.05, 4.69) is 10.4 Å². The highest BCUT2D eigenvalue weighted by Gasteiger charge is 2.23. The Morgan fingerprint density at radius 3 is 2.55 bits per heavy atom. The summed E-state index contributed by atoms with van der Waals surface area (Å²) >= 11 is 0. The minimum absolute atomic E-state index is 0.0355. The molecular formula is C21H24N4O5S. The summed E-state index contributed by atoms with van der Waals surface area (Å²) in [6, 6.07) is 11.2. The molecule has 0 aliphatic carbocycles. The minimum atomic E-state index is -3.72. The van der Waals surface area contributed by atoms with Crippen molar-refractivity contribution in [3.63, 3.8) is 0 Å². The lowest BCUT2D eigenvalue weighted by atomic mass is 10.2. The molecule has 31 heavy (non-hydrogen) atoms. The summed E-state index contributed by atoms with van der Waals surface area (Å²) in [4.78, 5) is 25.2. The number of amides is 1. The molecule has 0 bridgehead atoms. The van der Waals surface area contributed by atoms with Gasteiger partial charge in [-0.1, -0.05) is 32.0 Å². The van der Waals surface area contributed by atoms with Crippen LogP contribution in [0.5, 0.6) is 5.75 Å². The maximum absolute atomic E-state index is 12.8. The zero-order chi connectivity index (χ0) is 22.6. The number of carbonyl (C=O) groups excluding carboxylic acids is 1. The summed E-state index contributed by atoms with van der Waals surface area (Å²) < 4.78 is 33.2. The molecule has 0 saturated heterocycles. The Morgan fingerprint density at radius 1 is 1.16 bits per heavy atom. The van der Waals surface area contributed by atoms with Crippen LogP contribution in [0.3, 0.4) is 0 Å². The maximum atomic E-state index is 12.8. The van der Waals surface area contributed by atoms with Gasteiger partial charge < -0.3 is 10.1 Å². The lowest BCUT2D eigenvalue weighted by Gasteiger charge is -2.19. The Labute approximate surface area is 180 Å². The van der Waals surface area contributed by atoms with Crippen molar-refractivity contribution < 1.29 is 17.9 Å². The number of aromatic nitrogens is 2. The van der Waals surface area contributed by atoms with Gasteiger partial charge in [-0.2, -0.15) is 9.40 Å². The molecule has 0 spiro atoms. The van der Waals surface area contributed by atoms with Gasteiger partial charge in [0.2, 0.25) is 15.9 Å². The maximum Gasteiger partial charge on any atom is 0.275 e. The molecule has 10 heteroatoms. The highest BCUT2D eigenvalue weighted by atomic mass is 32.2. The van der Waals surface area contributed by atoms with Crippen molar-refractivity contribution in [1.82, 2.24) is 14.1 Å². The van der Waals surface area contributed by atoms with E-state index in [0.29, 0.717) is 29.6 Å². The van der Waals surface area contributed by atoms with E-state index in [0.717, 1.165) is 4.68 Å². The van der Waals surface area contributed by atoms with E-state index in [9.17, 15) is 18.0 Å². The van der Waals surface area contributed by atoms with Crippen LogP contribution < -0.4 is 15.6 Å². The number of fused-ring (bicyclic) bond motifs is 1. The van der Waals surface area contributed by atoms with Gasteiger partial charge in [0.05, 0.1) is 29.3 Å². The molecule has 1 amide bonds. The van der Waals surface area contributed by atoms with Crippen LogP contribution in [0.15, 0.2) is 58.4 Å². The number of rotatable bonds is 8. The largest absolute Gasteiger partial charge is 0.495 e. The number of nitrogens with zero attached hydrogens (tertiary/aromatic N) is 3. The van der Waals surface area contributed by atoms with E-state index >= 15 is 0 Å². The highest BCUT2D eigenvalue weighted by Crippen LogP contribution is 2.29. The molecule has 1 N–H and O–H groups in total. The average molecular weight is 445 g/mol. The molecule has 0 radical (unpaired) electrons. The van der Waals surface area contributed by atoms with Crippen LogP contribution in [0.25, 0.3) is 10.8 Å². The predicted molar refractivity (Wildman–Crippen MR) is 118 cm³/mol. The molecule has 0 unspecified atom stereocenters. The molecule has 0 fully saturated rings. The fraction of sp³-hybridized carbons (Fsp3) is 0.286. The van der Waals surface area contributed by atoms with E-state index in [-0.39, 0.29) is 17.1 Å². The number of benzene rings is 2. The topological polar surface area (TPSA) is 111 Å². The van der Waals surface area contributed by atoms with Gasteiger partial charge >= 0.3 is 0 Å². The van der Waals surface area contributed by atoms with Gasteiger partial charge in [0.1, 0.15) is 12.3 Å². The molecule has 0 saturated carbocycles. The number of nitrogens with one attached hydrogen (secondary N) is 1. The number of carbonyl (C=O) groups is 1. The molecule has 0 atom stereocenters. The van der Waals surface area contributed by atoms with Crippen LogP contribution in [0.2, 0.25) is 0 Å². The lowest BCUT2D eigenvalue weighted by Crippen LogP contribution is -2.31. The molecule has 2 aromatic carbocycles. The first kappa shape index (κ1) is 22.4. The third-order valence-electron chi connectivity index (χ3n) is 4.84. The molecule has 1 heterocycles. The third-order valence-corrected chi connectivity index (χ3v) is 6.89. The first-order valence-corrected chi connectivity index (χ1v) is 11.2. The summed E-state index contributed by atoms with van der Waals surface area (Å²) in [7, 11) is -2.30. The normalized spacial score (nSPS) is 11.6. The highest BCUT2D eigenvalue weighted by molar-refractivity contribution is 7.89. The lowest BCUT2D eigenvalue weighted by molar-refractivity contribution is -0.117. The Balaban J connectivity index is 1.89. The van der Waals surface area contributed by atoms with Gasteiger partial charge in [0, 0.05) is 18.5 Å². The number of hydrogen-bond donors (Lipinski definition) is 1. The van der Waals surface area contributed by atoms with Crippen LogP contribution in [0, 0.1) is 0 Å². The van der Waals surface area contributed by atoms with E-state index in [1.54, 1.807) is 38.1 Å². The summed E-state index contributed by atoms with van der Waals surface area (Å²) in [5.41, 5.74) is -0.201. The molecule has 0 aliphatic heterocycles. The fourth-order valence-electron chi connectivity index (χ4n) is 3.22. The van der Waals surface area contributed by atoms with Crippen LogP contribution in [-0.4, -0.2) is 48.6 Å². The van der Waals surface area contributed by atoms with Gasteiger partial charge in [-0.05, 0) is 24.3 Å². The Hall–Kier alpha value is -3.24. The van der Waals surface area contributed by atoms with E-state index in [4.69, 9.17) is 4.74 Å². The van der Waals surface area contributed by atoms with E-state index in [1.165, 1.54) is 35.8 Å². The third kappa shape index (κ3) is 4.59. The molecule has 3 rings (SSSR count). The van der Waals surface area contributed by atoms with Crippen LogP contribution >= 0.6 is 0 Å². The number of ether oxygens (including phenoxy) is 1. The van der Waals surface area contributed by atoms with Crippen molar-refractivity contribution in [2.24, 2.45) is 0 Å². The fourth-order valence-corrected chi connectivity index (χ4v) is 4.71. The van der Waals surface area contributed by atoms with Crippen molar-refractivity contribution in [3.05, 3.63) is 59.0 Å². The van der Waals surface area contributed by atoms with Crippen LogP contribution in [0.1, 0.15) is 13.8 Å². The second kappa shape index (κ2) is 9.27. The van der Waals surface area contributed by atoms with E-state index in [1.807, 2.05) is 0 Å². The molecule has 0 aliphatic rings. The number of methoxy groups -OCH3 is 1. The second-order valence-electron chi connectivity index (χ2n) is 6.69. The summed E-state index contributed by atoms with van der Waals surface area (Å²) in [6.45, 7) is 3.81. The quantitative estimate of drug-likeness (QED) is 0.570. The van der Waals surface area contributed by atoms with Gasteiger partial charge in [0.25, 0.3) is 5.56 Å². The van der Waals surface area contributed by atoms with Gasteiger partial charge in [-0.3, -0.25) is 9.59 Å². The minimum Gasteiger partial charge on any atom is -0.495 e. The number of hydrogen-bond acceptors (Lipinski definition) is 6. The van der Waals surface area contributed by atoms with Crippen molar-refractivity contribution >= 4 is 32.4 Å². The van der Waals surface area contributed by atoms with Crippen molar-refractivity contribution in [2.75, 3.05) is 25.5 Å². The molecule has 9 nitrogen and oxygen atoms in total. The zero-order valence-corrected chi connectivity index (χ0v) is 18.3. The van der Waals surface area contributed by atoms with Crippen molar-refractivity contribution in [1.29, 1.82) is 0 Å². The SMILES string of the molecule is CCN(CC)S(=O)(=O)c1ccc(OC)c(NC(=O)Cn2ncc3ccccc3c2=O)c1. The summed E-state index contributed by atoms with van der Waals surface area (Å²) in [6.07, 6.45) is 1.52. The zero-order valence-electron chi connectivity index (χ0n) is 17.5. The van der Waals surface area contributed by atoms with Crippen LogP contribution in [-0.2, 0) is 21.4 Å². The van der Waals surface area contributed by atoms with Gasteiger partial charge in [0.15, 0.2) is 0 Å². The van der Waals surface area contributed by atoms with Crippen molar-refractivity contribution in [3.8, 4) is 5.75 Å². The Kier molecular flexibility index (Phi) is 6.71. The first-order valence-electron chi connectivity index (χ1n) is 9.74. The molecule has 164 valence electrons. The average Bonchev–Trinajstić information content (AvgIpc) is 2.76. The predicted octanol–water partition coefficient (Wildman–Crippen LogP) is 2.07. The molecule has 1 aromatic heterocycles. The van der Waals surface area contributed by atoms with Gasteiger partial charge in [-0.15, -0.1) is 0 Å². The Bertz CT molecular complexity index is 1270. The van der Waals surface area contributed by atoms with Crippen LogP contribution in [0.4, 0.5) is 5.69 Å². The number of anilines is 1. The first-order chi connectivity index (χ1) is 14.8. The van der Waals surface area contributed by atoms with Gasteiger partial charge in [-0.25, -0.2) is 13.1 Å². The molecular weight excluding hydrogens is 420 g/mol. The standard InChI is InChI=1S/C21H24N4O5S/c1-4-24(5-2)31(28,29)16-10-11-19(30-3)18(12-16)23-20(26)14-25-21(27)17-9-7-6-8-15(17)13-22-25/h6-13H,4-5,14H2,1-3H3,(H,23,26). The summed E-state index contributed by atoms with van der Waals surface area (Å²) in [5, 5.41) is 7.80. The molecule has 3 aromatic rings. The number of sulfonamides is 1. The smallest absolute Gasteiger partial charge is 0.275 e. The second-order valence-corrected chi connectivity index (χ2v) is 8.63. The summed E-state index contributed by atoms with van der Waals surface area (Å²) in [5.74, 6) is -0.244. The monoisotopic (exact) mass is 444 g/mol.